The highest BCUT2D eigenvalue weighted by Gasteiger charge is 2.16. The van der Waals surface area contributed by atoms with Crippen LogP contribution in [0.15, 0.2) is 23.2 Å². The third-order valence-corrected chi connectivity index (χ3v) is 4.65. The number of para-hydroxylation sites is 1. The highest BCUT2D eigenvalue weighted by atomic mass is 127. The van der Waals surface area contributed by atoms with E-state index in [-0.39, 0.29) is 42.0 Å². The number of halogens is 3. The second kappa shape index (κ2) is 13.3. The van der Waals surface area contributed by atoms with Gasteiger partial charge in [0.25, 0.3) is 0 Å². The molecule has 0 saturated heterocycles. The van der Waals surface area contributed by atoms with Crippen LogP contribution in [-0.2, 0) is 20.0 Å². The van der Waals surface area contributed by atoms with Gasteiger partial charge >= 0.3 is 6.61 Å². The lowest BCUT2D eigenvalue weighted by molar-refractivity contribution is -0.0520. The van der Waals surface area contributed by atoms with Gasteiger partial charge in [-0.3, -0.25) is 4.68 Å². The standard InChI is InChI=1S/C21H31F2N5O2.HI/c1-6-24-21(25-12-11-17-14(3)27-28(5)15(17)4)26-13-16-9-8-10-18(29-7-2)19(16)30-20(22)23;/h8-10,20H,6-7,11-13H2,1-5H3,(H2,24,25,26);1H. The SMILES string of the molecule is CCNC(=NCc1cccc(OCC)c1OC(F)F)NCCc1c(C)nn(C)c1C.I. The fourth-order valence-electron chi connectivity index (χ4n) is 3.17. The van der Waals surface area contributed by atoms with Crippen molar-refractivity contribution in [3.8, 4) is 11.5 Å². The van der Waals surface area contributed by atoms with Gasteiger partial charge in [0, 0.05) is 31.4 Å². The van der Waals surface area contributed by atoms with Gasteiger partial charge in [0.05, 0.1) is 18.8 Å². The molecule has 0 bridgehead atoms. The summed E-state index contributed by atoms with van der Waals surface area (Å²) in [6, 6.07) is 5.05. The Hall–Kier alpha value is -2.11. The van der Waals surface area contributed by atoms with Crippen LogP contribution in [0.5, 0.6) is 11.5 Å². The largest absolute Gasteiger partial charge is 0.490 e. The quantitative estimate of drug-likeness (QED) is 0.266. The van der Waals surface area contributed by atoms with Gasteiger partial charge in [0.2, 0.25) is 0 Å². The van der Waals surface area contributed by atoms with Crippen molar-refractivity contribution < 1.29 is 18.3 Å². The summed E-state index contributed by atoms with van der Waals surface area (Å²) in [5.41, 5.74) is 3.88. The number of benzene rings is 1. The predicted molar refractivity (Wildman–Crippen MR) is 129 cm³/mol. The number of guanidine groups is 1. The minimum atomic E-state index is -2.94. The number of alkyl halides is 2. The molecule has 0 fully saturated rings. The summed E-state index contributed by atoms with van der Waals surface area (Å²) < 4.78 is 37.8. The minimum Gasteiger partial charge on any atom is -0.490 e. The van der Waals surface area contributed by atoms with Crippen molar-refractivity contribution in [2.24, 2.45) is 12.0 Å². The van der Waals surface area contributed by atoms with Crippen molar-refractivity contribution in [3.63, 3.8) is 0 Å². The number of rotatable bonds is 10. The van der Waals surface area contributed by atoms with Crippen LogP contribution in [0.4, 0.5) is 8.78 Å². The molecule has 2 rings (SSSR count). The first kappa shape index (κ1) is 26.9. The van der Waals surface area contributed by atoms with E-state index >= 15 is 0 Å². The molecule has 0 atom stereocenters. The molecule has 0 aliphatic heterocycles. The summed E-state index contributed by atoms with van der Waals surface area (Å²) in [5, 5.41) is 10.9. The molecular formula is C21H32F2IN5O2. The van der Waals surface area contributed by atoms with Crippen molar-refractivity contribution in [3.05, 3.63) is 40.7 Å². The highest BCUT2D eigenvalue weighted by molar-refractivity contribution is 14.0. The Labute approximate surface area is 199 Å². The molecule has 0 radical (unpaired) electrons. The van der Waals surface area contributed by atoms with Crippen molar-refractivity contribution in [1.29, 1.82) is 0 Å². The predicted octanol–water partition coefficient (Wildman–Crippen LogP) is 3.95. The van der Waals surface area contributed by atoms with Crippen LogP contribution in [0.1, 0.15) is 36.4 Å². The van der Waals surface area contributed by atoms with E-state index in [4.69, 9.17) is 9.47 Å². The van der Waals surface area contributed by atoms with Crippen LogP contribution in [0.3, 0.4) is 0 Å². The van der Waals surface area contributed by atoms with Crippen molar-refractivity contribution in [2.45, 2.75) is 47.3 Å². The number of ether oxygens (including phenoxy) is 2. The van der Waals surface area contributed by atoms with Gasteiger partial charge in [-0.2, -0.15) is 13.9 Å². The van der Waals surface area contributed by atoms with Gasteiger partial charge in [-0.1, -0.05) is 12.1 Å². The number of hydrogen-bond donors (Lipinski definition) is 2. The Morgan fingerprint density at radius 1 is 1.23 bits per heavy atom. The Bertz CT molecular complexity index is 859. The maximum absolute atomic E-state index is 12.9. The molecule has 2 aromatic rings. The van der Waals surface area contributed by atoms with E-state index < -0.39 is 6.61 Å². The summed E-state index contributed by atoms with van der Waals surface area (Å²) in [4.78, 5) is 4.53. The lowest BCUT2D eigenvalue weighted by atomic mass is 10.1. The van der Waals surface area contributed by atoms with E-state index in [2.05, 4.69) is 20.7 Å². The maximum Gasteiger partial charge on any atom is 0.387 e. The Morgan fingerprint density at radius 3 is 2.55 bits per heavy atom. The third-order valence-electron chi connectivity index (χ3n) is 4.65. The average molecular weight is 551 g/mol. The molecule has 2 N–H and O–H groups in total. The molecule has 0 spiro atoms. The highest BCUT2D eigenvalue weighted by Crippen LogP contribution is 2.33. The molecule has 174 valence electrons. The fraction of sp³-hybridized carbons (Fsp3) is 0.524. The Balaban J connectivity index is 0.00000480. The number of nitrogens with one attached hydrogen (secondary N) is 2. The van der Waals surface area contributed by atoms with E-state index in [9.17, 15) is 8.78 Å². The van der Waals surface area contributed by atoms with Gasteiger partial charge < -0.3 is 20.1 Å². The second-order valence-electron chi connectivity index (χ2n) is 6.70. The lowest BCUT2D eigenvalue weighted by Crippen LogP contribution is -2.38. The molecule has 0 aliphatic carbocycles. The molecule has 31 heavy (non-hydrogen) atoms. The first-order valence-electron chi connectivity index (χ1n) is 10.1. The van der Waals surface area contributed by atoms with E-state index in [1.807, 2.05) is 32.5 Å². The van der Waals surface area contributed by atoms with E-state index in [0.29, 0.717) is 31.2 Å². The lowest BCUT2D eigenvalue weighted by Gasteiger charge is -2.15. The minimum absolute atomic E-state index is 0. The summed E-state index contributed by atoms with van der Waals surface area (Å²) >= 11 is 0. The van der Waals surface area contributed by atoms with Gasteiger partial charge in [-0.15, -0.1) is 24.0 Å². The van der Waals surface area contributed by atoms with Gasteiger partial charge in [-0.05, 0) is 45.7 Å². The molecule has 7 nitrogen and oxygen atoms in total. The molecule has 1 aromatic heterocycles. The molecule has 1 heterocycles. The van der Waals surface area contributed by atoms with Crippen LogP contribution in [-0.4, -0.2) is 42.0 Å². The molecule has 0 saturated carbocycles. The number of nitrogens with zero attached hydrogens (tertiary/aromatic N) is 3. The Morgan fingerprint density at radius 2 is 1.97 bits per heavy atom. The van der Waals surface area contributed by atoms with Crippen molar-refractivity contribution >= 4 is 29.9 Å². The van der Waals surface area contributed by atoms with Crippen LogP contribution in [0.2, 0.25) is 0 Å². The number of aromatic nitrogens is 2. The topological polar surface area (TPSA) is 72.7 Å². The van der Waals surface area contributed by atoms with Crippen molar-refractivity contribution in [2.75, 3.05) is 19.7 Å². The first-order valence-corrected chi connectivity index (χ1v) is 10.1. The van der Waals surface area contributed by atoms with Gasteiger partial charge in [-0.25, -0.2) is 4.99 Å². The molecule has 0 unspecified atom stereocenters. The Kier molecular flexibility index (Phi) is 11.6. The maximum atomic E-state index is 12.9. The van der Waals surface area contributed by atoms with E-state index in [1.54, 1.807) is 25.1 Å². The summed E-state index contributed by atoms with van der Waals surface area (Å²) in [6.07, 6.45) is 0.801. The number of aryl methyl sites for hydroxylation is 2. The summed E-state index contributed by atoms with van der Waals surface area (Å²) in [6.45, 7) is 6.72. The third kappa shape index (κ3) is 7.82. The van der Waals surface area contributed by atoms with Crippen molar-refractivity contribution in [1.82, 2.24) is 20.4 Å². The van der Waals surface area contributed by atoms with Crippen LogP contribution >= 0.6 is 24.0 Å². The summed E-state index contributed by atoms with van der Waals surface area (Å²) in [5.74, 6) is 0.906. The normalized spacial score (nSPS) is 11.3. The smallest absolute Gasteiger partial charge is 0.387 e. The molecule has 1 aromatic carbocycles. The van der Waals surface area contributed by atoms with Crippen LogP contribution in [0, 0.1) is 13.8 Å². The zero-order valence-electron chi connectivity index (χ0n) is 18.7. The average Bonchev–Trinajstić information content (AvgIpc) is 2.93. The zero-order chi connectivity index (χ0) is 22.1. The first-order chi connectivity index (χ1) is 14.4. The molecular weight excluding hydrogens is 519 g/mol. The molecule has 0 amide bonds. The molecule has 0 aliphatic rings. The zero-order valence-corrected chi connectivity index (χ0v) is 21.0. The monoisotopic (exact) mass is 551 g/mol. The number of aliphatic imine (C=N–C) groups is 1. The molecule has 10 heteroatoms. The second-order valence-corrected chi connectivity index (χ2v) is 6.70. The van der Waals surface area contributed by atoms with Crippen LogP contribution in [0.25, 0.3) is 0 Å². The number of hydrogen-bond acceptors (Lipinski definition) is 4. The van der Waals surface area contributed by atoms with Gasteiger partial charge in [0.1, 0.15) is 0 Å². The van der Waals surface area contributed by atoms with Gasteiger partial charge in [0.15, 0.2) is 17.5 Å². The summed E-state index contributed by atoms with van der Waals surface area (Å²) in [7, 11) is 1.93. The van der Waals surface area contributed by atoms with Crippen LogP contribution < -0.4 is 20.1 Å². The fourth-order valence-corrected chi connectivity index (χ4v) is 3.17. The van der Waals surface area contributed by atoms with E-state index in [1.165, 1.54) is 5.56 Å². The van der Waals surface area contributed by atoms with E-state index in [0.717, 1.165) is 17.8 Å².